The Balaban J connectivity index is 1.95. The van der Waals surface area contributed by atoms with Gasteiger partial charge in [-0.05, 0) is 20.8 Å². The van der Waals surface area contributed by atoms with Crippen LogP contribution in [-0.4, -0.2) is 26.3 Å². The Bertz CT molecular complexity index is 556. The number of amides is 1. The first-order chi connectivity index (χ1) is 8.44. The van der Waals surface area contributed by atoms with Crippen molar-refractivity contribution in [2.24, 2.45) is 0 Å². The zero-order chi connectivity index (χ0) is 13.2. The molecule has 1 N–H and O–H groups in total. The number of nitrogens with one attached hydrogen (secondary N) is 1. The maximum absolute atomic E-state index is 11.5. The first-order valence-corrected chi connectivity index (χ1v) is 5.69. The second-order valence-corrected chi connectivity index (χ2v) is 4.95. The zero-order valence-electron chi connectivity index (χ0n) is 10.7. The highest BCUT2D eigenvalue weighted by Crippen LogP contribution is 2.07. The molecule has 0 saturated heterocycles. The summed E-state index contributed by atoms with van der Waals surface area (Å²) >= 11 is 0. The summed E-state index contributed by atoms with van der Waals surface area (Å²) in [7, 11) is 0. The third-order valence-electron chi connectivity index (χ3n) is 2.14. The molecule has 96 valence electrons. The SMILES string of the molecule is CC(C)(C)OC(=O)NCc1cnc2ccnn2c1. The molecule has 2 heterocycles. The summed E-state index contributed by atoms with van der Waals surface area (Å²) in [5.74, 6) is 0. The molecule has 0 spiro atoms. The quantitative estimate of drug-likeness (QED) is 0.879. The minimum absolute atomic E-state index is 0.359. The number of hydrogen-bond acceptors (Lipinski definition) is 4. The zero-order valence-corrected chi connectivity index (χ0v) is 10.7. The summed E-state index contributed by atoms with van der Waals surface area (Å²) in [4.78, 5) is 15.7. The van der Waals surface area contributed by atoms with E-state index in [0.717, 1.165) is 11.2 Å². The number of alkyl carbamates (subject to hydrolysis) is 1. The number of ether oxygens (including phenoxy) is 1. The van der Waals surface area contributed by atoms with Crippen molar-refractivity contribution < 1.29 is 9.53 Å². The van der Waals surface area contributed by atoms with Gasteiger partial charge in [-0.15, -0.1) is 0 Å². The number of hydrogen-bond donors (Lipinski definition) is 1. The van der Waals surface area contributed by atoms with E-state index < -0.39 is 11.7 Å². The Hall–Kier alpha value is -2.11. The van der Waals surface area contributed by atoms with E-state index in [1.54, 1.807) is 16.9 Å². The van der Waals surface area contributed by atoms with Gasteiger partial charge >= 0.3 is 6.09 Å². The highest BCUT2D eigenvalue weighted by Gasteiger charge is 2.15. The molecule has 0 atom stereocenters. The lowest BCUT2D eigenvalue weighted by atomic mass is 10.2. The Morgan fingerprint density at radius 1 is 1.50 bits per heavy atom. The van der Waals surface area contributed by atoms with Gasteiger partial charge in [0.1, 0.15) is 5.60 Å². The number of nitrogens with zero attached hydrogens (tertiary/aromatic N) is 3. The van der Waals surface area contributed by atoms with E-state index in [9.17, 15) is 4.79 Å². The molecule has 0 unspecified atom stereocenters. The van der Waals surface area contributed by atoms with Crippen molar-refractivity contribution in [3.8, 4) is 0 Å². The highest BCUT2D eigenvalue weighted by atomic mass is 16.6. The Labute approximate surface area is 105 Å². The lowest BCUT2D eigenvalue weighted by Crippen LogP contribution is -2.32. The molecule has 0 aliphatic carbocycles. The third kappa shape index (κ3) is 3.19. The molecule has 6 heteroatoms. The molecule has 6 nitrogen and oxygen atoms in total. The predicted octanol–water partition coefficient (Wildman–Crippen LogP) is 1.75. The molecular formula is C12H16N4O2. The van der Waals surface area contributed by atoms with Crippen molar-refractivity contribution in [1.82, 2.24) is 19.9 Å². The van der Waals surface area contributed by atoms with Crippen molar-refractivity contribution in [1.29, 1.82) is 0 Å². The van der Waals surface area contributed by atoms with Crippen molar-refractivity contribution in [3.63, 3.8) is 0 Å². The van der Waals surface area contributed by atoms with E-state index >= 15 is 0 Å². The minimum atomic E-state index is -0.492. The van der Waals surface area contributed by atoms with Gasteiger partial charge in [0.15, 0.2) is 5.65 Å². The van der Waals surface area contributed by atoms with Crippen LogP contribution in [-0.2, 0) is 11.3 Å². The van der Waals surface area contributed by atoms with Crippen molar-refractivity contribution in [2.45, 2.75) is 32.9 Å². The molecule has 2 aromatic rings. The number of carbonyl (C=O) groups excluding carboxylic acids is 1. The fourth-order valence-electron chi connectivity index (χ4n) is 1.43. The molecule has 1 amide bonds. The van der Waals surface area contributed by atoms with Crippen molar-refractivity contribution in [2.75, 3.05) is 0 Å². The Morgan fingerprint density at radius 3 is 3.00 bits per heavy atom. The first kappa shape index (κ1) is 12.3. The summed E-state index contributed by atoms with van der Waals surface area (Å²) in [6, 6.07) is 1.81. The van der Waals surface area contributed by atoms with E-state index in [2.05, 4.69) is 15.4 Å². The molecule has 2 rings (SSSR count). The molecule has 0 aromatic carbocycles. The van der Waals surface area contributed by atoms with Gasteiger partial charge in [-0.1, -0.05) is 0 Å². The summed E-state index contributed by atoms with van der Waals surface area (Å²) in [6.45, 7) is 5.83. The van der Waals surface area contributed by atoms with Crippen LogP contribution >= 0.6 is 0 Å². The van der Waals surface area contributed by atoms with Crippen LogP contribution in [0.1, 0.15) is 26.3 Å². The first-order valence-electron chi connectivity index (χ1n) is 5.69. The summed E-state index contributed by atoms with van der Waals surface area (Å²) in [6.07, 6.45) is 4.75. The van der Waals surface area contributed by atoms with Crippen LogP contribution < -0.4 is 5.32 Å². The van der Waals surface area contributed by atoms with Gasteiger partial charge in [-0.25, -0.2) is 14.3 Å². The van der Waals surface area contributed by atoms with Crippen LogP contribution in [0.15, 0.2) is 24.7 Å². The maximum Gasteiger partial charge on any atom is 0.407 e. The Kier molecular flexibility index (Phi) is 3.18. The minimum Gasteiger partial charge on any atom is -0.444 e. The molecule has 0 bridgehead atoms. The molecular weight excluding hydrogens is 232 g/mol. The van der Waals surface area contributed by atoms with E-state index in [4.69, 9.17) is 4.74 Å². The van der Waals surface area contributed by atoms with Crippen molar-refractivity contribution in [3.05, 3.63) is 30.2 Å². The van der Waals surface area contributed by atoms with Crippen LogP contribution in [0.2, 0.25) is 0 Å². The normalized spacial score (nSPS) is 11.5. The largest absolute Gasteiger partial charge is 0.444 e. The fraction of sp³-hybridized carbons (Fsp3) is 0.417. The summed E-state index contributed by atoms with van der Waals surface area (Å²) in [5, 5.41) is 6.75. The molecule has 0 radical (unpaired) electrons. The molecule has 0 fully saturated rings. The molecule has 0 aliphatic rings. The van der Waals surface area contributed by atoms with E-state index in [-0.39, 0.29) is 0 Å². The monoisotopic (exact) mass is 248 g/mol. The second kappa shape index (κ2) is 4.64. The van der Waals surface area contributed by atoms with Crippen LogP contribution in [0.25, 0.3) is 5.65 Å². The number of aromatic nitrogens is 3. The lowest BCUT2D eigenvalue weighted by molar-refractivity contribution is 0.0523. The van der Waals surface area contributed by atoms with Gasteiger partial charge in [0.25, 0.3) is 0 Å². The van der Waals surface area contributed by atoms with Crippen molar-refractivity contribution >= 4 is 11.7 Å². The third-order valence-corrected chi connectivity index (χ3v) is 2.14. The number of carbonyl (C=O) groups is 1. The molecule has 18 heavy (non-hydrogen) atoms. The van der Waals surface area contributed by atoms with Crippen LogP contribution in [0.3, 0.4) is 0 Å². The van der Waals surface area contributed by atoms with Crippen LogP contribution in [0.5, 0.6) is 0 Å². The van der Waals surface area contributed by atoms with Gasteiger partial charge in [0, 0.05) is 30.6 Å². The van der Waals surface area contributed by atoms with E-state index in [0.29, 0.717) is 6.54 Å². The van der Waals surface area contributed by atoms with Gasteiger partial charge in [-0.2, -0.15) is 5.10 Å². The fourth-order valence-corrected chi connectivity index (χ4v) is 1.43. The predicted molar refractivity (Wildman–Crippen MR) is 66.1 cm³/mol. The second-order valence-electron chi connectivity index (χ2n) is 4.95. The molecule has 2 aromatic heterocycles. The van der Waals surface area contributed by atoms with E-state index in [1.807, 2.05) is 33.0 Å². The van der Waals surface area contributed by atoms with Gasteiger partial charge in [0.2, 0.25) is 0 Å². The van der Waals surface area contributed by atoms with Gasteiger partial charge in [-0.3, -0.25) is 0 Å². The van der Waals surface area contributed by atoms with Crippen LogP contribution in [0.4, 0.5) is 4.79 Å². The average molecular weight is 248 g/mol. The highest BCUT2D eigenvalue weighted by molar-refractivity contribution is 5.67. The average Bonchev–Trinajstić information content (AvgIpc) is 2.71. The summed E-state index contributed by atoms with van der Waals surface area (Å²) < 4.78 is 6.80. The number of fused-ring (bicyclic) bond motifs is 1. The lowest BCUT2D eigenvalue weighted by Gasteiger charge is -2.19. The smallest absolute Gasteiger partial charge is 0.407 e. The number of rotatable bonds is 2. The summed E-state index contributed by atoms with van der Waals surface area (Å²) in [5.41, 5.74) is 1.14. The molecule has 0 aliphatic heterocycles. The maximum atomic E-state index is 11.5. The van der Waals surface area contributed by atoms with Gasteiger partial charge in [0.05, 0.1) is 6.20 Å². The van der Waals surface area contributed by atoms with Crippen LogP contribution in [0, 0.1) is 0 Å². The molecule has 0 saturated carbocycles. The topological polar surface area (TPSA) is 68.5 Å². The van der Waals surface area contributed by atoms with E-state index in [1.165, 1.54) is 0 Å². The van der Waals surface area contributed by atoms with Gasteiger partial charge < -0.3 is 10.1 Å². The standard InChI is InChI=1S/C12H16N4O2/c1-12(2,3)18-11(17)14-7-9-6-13-10-4-5-15-16(10)8-9/h4-6,8H,7H2,1-3H3,(H,14,17). The Morgan fingerprint density at radius 2 is 2.28 bits per heavy atom.